The lowest BCUT2D eigenvalue weighted by Crippen LogP contribution is -1.99. The van der Waals surface area contributed by atoms with Gasteiger partial charge >= 0.3 is 5.97 Å². The van der Waals surface area contributed by atoms with Gasteiger partial charge in [0.2, 0.25) is 0 Å². The van der Waals surface area contributed by atoms with Crippen LogP contribution in [0.5, 0.6) is 11.5 Å². The van der Waals surface area contributed by atoms with Crippen molar-refractivity contribution in [2.75, 3.05) is 0 Å². The maximum atomic E-state index is 10.6. The van der Waals surface area contributed by atoms with Crippen LogP contribution in [0.2, 0.25) is 0 Å². The molecule has 1 N–H and O–H groups in total. The van der Waals surface area contributed by atoms with Gasteiger partial charge in [-0.3, -0.25) is 4.79 Å². The van der Waals surface area contributed by atoms with Crippen molar-refractivity contribution >= 4 is 21.9 Å². The summed E-state index contributed by atoms with van der Waals surface area (Å²) in [5, 5.41) is 17.8. The molecule has 0 saturated carbocycles. The highest BCUT2D eigenvalue weighted by atomic mass is 79.9. The molecule has 0 radical (unpaired) electrons. The lowest BCUT2D eigenvalue weighted by Gasteiger charge is -2.08. The number of nitrogens with zero attached hydrogens (tertiary/aromatic N) is 1. The summed E-state index contributed by atoms with van der Waals surface area (Å²) in [5.74, 6) is 0.124. The molecule has 0 aliphatic heterocycles. The average Bonchev–Trinajstić information content (AvgIpc) is 2.41. The first-order valence-corrected chi connectivity index (χ1v) is 6.56. The molecule has 2 rings (SSSR count). The van der Waals surface area contributed by atoms with Crippen molar-refractivity contribution in [3.8, 4) is 17.6 Å². The Hall–Kier alpha value is -2.32. The molecule has 0 unspecified atom stereocenters. The smallest absolute Gasteiger partial charge is 0.307 e. The van der Waals surface area contributed by atoms with Crippen LogP contribution < -0.4 is 4.74 Å². The summed E-state index contributed by atoms with van der Waals surface area (Å²) >= 11 is 3.29. The zero-order valence-corrected chi connectivity index (χ0v) is 11.9. The second-order valence-corrected chi connectivity index (χ2v) is 4.90. The van der Waals surface area contributed by atoms with Crippen molar-refractivity contribution in [3.05, 3.63) is 58.1 Å². The number of aliphatic carboxylic acids is 1. The van der Waals surface area contributed by atoms with Gasteiger partial charge in [-0.25, -0.2) is 0 Å². The van der Waals surface area contributed by atoms with Gasteiger partial charge in [0.05, 0.1) is 6.42 Å². The lowest BCUT2D eigenvalue weighted by molar-refractivity contribution is -0.136. The molecule has 100 valence electrons. The summed E-state index contributed by atoms with van der Waals surface area (Å²) in [6.45, 7) is 0. The molecule has 5 heteroatoms. The third-order valence-corrected chi connectivity index (χ3v) is 3.25. The van der Waals surface area contributed by atoms with Crippen LogP contribution in [-0.2, 0) is 11.2 Å². The van der Waals surface area contributed by atoms with Crippen LogP contribution in [0.3, 0.4) is 0 Å². The van der Waals surface area contributed by atoms with Crippen LogP contribution in [0.4, 0.5) is 0 Å². The molecular formula is C15H10BrNO3. The second kappa shape index (κ2) is 6.22. The van der Waals surface area contributed by atoms with Gasteiger partial charge in [0.1, 0.15) is 23.1 Å². The Balaban J connectivity index is 2.21. The molecule has 4 nitrogen and oxygen atoms in total. The fourth-order valence-electron chi connectivity index (χ4n) is 1.67. The summed E-state index contributed by atoms with van der Waals surface area (Å²) in [4.78, 5) is 10.6. The fraction of sp³-hybridized carbons (Fsp3) is 0.0667. The van der Waals surface area contributed by atoms with E-state index in [0.717, 1.165) is 0 Å². The van der Waals surface area contributed by atoms with Crippen LogP contribution in [0, 0.1) is 11.3 Å². The highest BCUT2D eigenvalue weighted by Gasteiger charge is 2.08. The number of carboxylic acids is 1. The monoisotopic (exact) mass is 331 g/mol. The Morgan fingerprint density at radius 1 is 1.25 bits per heavy atom. The minimum atomic E-state index is -0.877. The van der Waals surface area contributed by atoms with E-state index in [2.05, 4.69) is 22.0 Å². The van der Waals surface area contributed by atoms with E-state index in [9.17, 15) is 4.79 Å². The Kier molecular flexibility index (Phi) is 4.38. The third-order valence-electron chi connectivity index (χ3n) is 2.59. The molecule has 0 bridgehead atoms. The quantitative estimate of drug-likeness (QED) is 0.926. The first kappa shape index (κ1) is 14.1. The minimum absolute atomic E-state index is 0.0272. The summed E-state index contributed by atoms with van der Waals surface area (Å²) < 4.78 is 6.31. The van der Waals surface area contributed by atoms with Gasteiger partial charge in [-0.05, 0) is 45.8 Å². The van der Waals surface area contributed by atoms with Crippen LogP contribution in [-0.4, -0.2) is 11.1 Å². The molecule has 2 aromatic rings. The van der Waals surface area contributed by atoms with Gasteiger partial charge in [0.25, 0.3) is 0 Å². The molecule has 0 aromatic heterocycles. The summed E-state index contributed by atoms with van der Waals surface area (Å²) in [7, 11) is 0. The Morgan fingerprint density at radius 3 is 2.55 bits per heavy atom. The van der Waals surface area contributed by atoms with E-state index in [1.165, 1.54) is 0 Å². The van der Waals surface area contributed by atoms with Gasteiger partial charge < -0.3 is 9.84 Å². The molecule has 20 heavy (non-hydrogen) atoms. The number of hydrogen-bond donors (Lipinski definition) is 1. The number of rotatable bonds is 4. The molecule has 0 spiro atoms. The van der Waals surface area contributed by atoms with Crippen LogP contribution in [0.15, 0.2) is 46.9 Å². The van der Waals surface area contributed by atoms with E-state index >= 15 is 0 Å². The maximum Gasteiger partial charge on any atom is 0.307 e. The van der Waals surface area contributed by atoms with E-state index in [4.69, 9.17) is 15.1 Å². The molecule has 0 saturated heterocycles. The zero-order chi connectivity index (χ0) is 14.5. The number of hydrogen-bond acceptors (Lipinski definition) is 3. The predicted molar refractivity (Wildman–Crippen MR) is 76.7 cm³/mol. The van der Waals surface area contributed by atoms with E-state index < -0.39 is 5.97 Å². The molecule has 2 aromatic carbocycles. The fourth-order valence-corrected chi connectivity index (χ4v) is 2.11. The number of halogens is 1. The number of nitriles is 1. The molecule has 0 heterocycles. The summed E-state index contributed by atoms with van der Waals surface area (Å²) in [6, 6.07) is 14.1. The average molecular weight is 332 g/mol. The number of ether oxygens (including phenoxy) is 1. The third kappa shape index (κ3) is 3.37. The zero-order valence-electron chi connectivity index (χ0n) is 10.3. The highest BCUT2D eigenvalue weighted by molar-refractivity contribution is 9.10. The van der Waals surface area contributed by atoms with Crippen LogP contribution in [0.25, 0.3) is 0 Å². The normalized spacial score (nSPS) is 9.80. The molecule has 0 aliphatic carbocycles. The first-order valence-electron chi connectivity index (χ1n) is 5.77. The largest absolute Gasteiger partial charge is 0.481 e. The van der Waals surface area contributed by atoms with Gasteiger partial charge in [-0.1, -0.05) is 18.2 Å². The van der Waals surface area contributed by atoms with E-state index in [0.29, 0.717) is 27.1 Å². The Morgan fingerprint density at radius 2 is 1.95 bits per heavy atom. The van der Waals surface area contributed by atoms with Crippen molar-refractivity contribution in [1.82, 2.24) is 0 Å². The van der Waals surface area contributed by atoms with Gasteiger partial charge in [0.15, 0.2) is 0 Å². The van der Waals surface area contributed by atoms with Crippen LogP contribution >= 0.6 is 15.9 Å². The van der Waals surface area contributed by atoms with Crippen LogP contribution in [0.1, 0.15) is 11.1 Å². The standard InChI is InChI=1S/C15H10BrNO3/c16-13-2-1-3-14(12(13)9-17)20-11-6-4-10(5-7-11)8-15(18)19/h1-7H,8H2,(H,18,19). The Bertz CT molecular complexity index is 675. The van der Waals surface area contributed by atoms with Crippen molar-refractivity contribution in [1.29, 1.82) is 5.26 Å². The van der Waals surface area contributed by atoms with E-state index in [1.54, 1.807) is 42.5 Å². The Labute approximate surface area is 124 Å². The molecular weight excluding hydrogens is 322 g/mol. The second-order valence-electron chi connectivity index (χ2n) is 4.04. The molecule has 0 atom stereocenters. The lowest BCUT2D eigenvalue weighted by atomic mass is 10.1. The number of benzene rings is 2. The molecule has 0 aliphatic rings. The summed E-state index contributed by atoms with van der Waals surface area (Å²) in [5.41, 5.74) is 1.11. The van der Waals surface area contributed by atoms with Crippen molar-refractivity contribution < 1.29 is 14.6 Å². The van der Waals surface area contributed by atoms with Gasteiger partial charge in [-0.15, -0.1) is 0 Å². The van der Waals surface area contributed by atoms with Gasteiger partial charge in [-0.2, -0.15) is 5.26 Å². The minimum Gasteiger partial charge on any atom is -0.481 e. The molecule has 0 amide bonds. The van der Waals surface area contributed by atoms with E-state index in [-0.39, 0.29) is 6.42 Å². The summed E-state index contributed by atoms with van der Waals surface area (Å²) in [6.07, 6.45) is -0.0272. The van der Waals surface area contributed by atoms with Crippen molar-refractivity contribution in [2.45, 2.75) is 6.42 Å². The molecule has 0 fully saturated rings. The highest BCUT2D eigenvalue weighted by Crippen LogP contribution is 2.30. The predicted octanol–water partition coefficient (Wildman–Crippen LogP) is 3.74. The number of carbonyl (C=O) groups is 1. The number of carboxylic acid groups (broad SMARTS) is 1. The maximum absolute atomic E-state index is 10.6. The van der Waals surface area contributed by atoms with E-state index in [1.807, 2.05) is 0 Å². The van der Waals surface area contributed by atoms with Crippen molar-refractivity contribution in [2.24, 2.45) is 0 Å². The first-order chi connectivity index (χ1) is 9.60. The van der Waals surface area contributed by atoms with Gasteiger partial charge in [0, 0.05) is 4.47 Å². The van der Waals surface area contributed by atoms with Crippen molar-refractivity contribution in [3.63, 3.8) is 0 Å². The SMILES string of the molecule is N#Cc1c(Br)cccc1Oc1ccc(CC(=O)O)cc1. The topological polar surface area (TPSA) is 70.3 Å².